The molecule has 138 valence electrons. The standard InChI is InChI=1S/C20H23ClN2O3/c21-17-6-1-4-15(12-17)16-5-2-7-18(13-16)22-19(25)23-10-3-8-20(26,14-24)9-11-23/h1-2,4-7,12-13,24,26H,3,8-11,14H2,(H,22,25). The Hall–Kier alpha value is -2.08. The van der Waals surface area contributed by atoms with Gasteiger partial charge in [0, 0.05) is 23.8 Å². The Kier molecular flexibility index (Phi) is 5.81. The van der Waals surface area contributed by atoms with E-state index in [0.29, 0.717) is 43.1 Å². The van der Waals surface area contributed by atoms with Crippen LogP contribution in [0.4, 0.5) is 10.5 Å². The number of aliphatic hydroxyl groups is 2. The molecule has 0 spiro atoms. The van der Waals surface area contributed by atoms with E-state index in [1.165, 1.54) is 0 Å². The molecule has 2 aromatic carbocycles. The molecule has 5 nitrogen and oxygen atoms in total. The van der Waals surface area contributed by atoms with Crippen molar-refractivity contribution in [1.82, 2.24) is 4.90 Å². The number of anilines is 1. The van der Waals surface area contributed by atoms with Crippen molar-refractivity contribution in [3.63, 3.8) is 0 Å². The average molecular weight is 375 g/mol. The number of carbonyl (C=O) groups is 1. The number of nitrogens with zero attached hydrogens (tertiary/aromatic N) is 1. The molecule has 0 saturated carbocycles. The highest BCUT2D eigenvalue weighted by molar-refractivity contribution is 6.30. The van der Waals surface area contributed by atoms with Crippen molar-refractivity contribution in [1.29, 1.82) is 0 Å². The highest BCUT2D eigenvalue weighted by atomic mass is 35.5. The van der Waals surface area contributed by atoms with Crippen LogP contribution in [0.1, 0.15) is 19.3 Å². The summed E-state index contributed by atoms with van der Waals surface area (Å²) in [7, 11) is 0. The number of hydrogen-bond donors (Lipinski definition) is 3. The molecular weight excluding hydrogens is 352 g/mol. The Balaban J connectivity index is 1.69. The first-order valence-corrected chi connectivity index (χ1v) is 9.12. The molecule has 1 heterocycles. The number of urea groups is 1. The molecular formula is C20H23ClN2O3. The molecule has 0 aromatic heterocycles. The molecule has 0 radical (unpaired) electrons. The van der Waals surface area contributed by atoms with Crippen molar-refractivity contribution in [2.75, 3.05) is 25.0 Å². The minimum absolute atomic E-state index is 0.199. The molecule has 1 aliphatic rings. The average Bonchev–Trinajstić information content (AvgIpc) is 2.84. The number of likely N-dealkylation sites (tertiary alicyclic amines) is 1. The third-order valence-corrected chi connectivity index (χ3v) is 5.01. The third-order valence-electron chi connectivity index (χ3n) is 4.77. The van der Waals surface area contributed by atoms with Crippen LogP contribution in [0.3, 0.4) is 0 Å². The molecule has 1 saturated heterocycles. The zero-order valence-corrected chi connectivity index (χ0v) is 15.2. The van der Waals surface area contributed by atoms with E-state index in [1.54, 1.807) is 4.90 Å². The fourth-order valence-corrected chi connectivity index (χ4v) is 3.38. The summed E-state index contributed by atoms with van der Waals surface area (Å²) in [5.41, 5.74) is 1.57. The van der Waals surface area contributed by atoms with Gasteiger partial charge in [0.05, 0.1) is 12.2 Å². The predicted octanol–water partition coefficient (Wildman–Crippen LogP) is 3.75. The van der Waals surface area contributed by atoms with Crippen molar-refractivity contribution in [3.05, 3.63) is 53.6 Å². The Morgan fingerprint density at radius 2 is 1.85 bits per heavy atom. The summed E-state index contributed by atoms with van der Waals surface area (Å²) in [6, 6.07) is 15.0. The fraction of sp³-hybridized carbons (Fsp3) is 0.350. The van der Waals surface area contributed by atoms with Crippen LogP contribution in [0.15, 0.2) is 48.5 Å². The molecule has 1 aliphatic heterocycles. The highest BCUT2D eigenvalue weighted by Gasteiger charge is 2.30. The molecule has 1 unspecified atom stereocenters. The van der Waals surface area contributed by atoms with Gasteiger partial charge in [-0.2, -0.15) is 0 Å². The molecule has 2 aromatic rings. The summed E-state index contributed by atoms with van der Waals surface area (Å²) in [5, 5.41) is 23.1. The second kappa shape index (κ2) is 8.08. The van der Waals surface area contributed by atoms with E-state index in [0.717, 1.165) is 11.1 Å². The first-order valence-electron chi connectivity index (χ1n) is 8.74. The molecule has 3 N–H and O–H groups in total. The summed E-state index contributed by atoms with van der Waals surface area (Å²) in [6.45, 7) is 0.698. The van der Waals surface area contributed by atoms with Gasteiger partial charge in [0.15, 0.2) is 0 Å². The van der Waals surface area contributed by atoms with Crippen LogP contribution < -0.4 is 5.32 Å². The molecule has 1 atom stereocenters. The van der Waals surface area contributed by atoms with E-state index in [9.17, 15) is 15.0 Å². The second-order valence-corrected chi connectivity index (χ2v) is 7.18. The van der Waals surface area contributed by atoms with Gasteiger partial charge in [-0.1, -0.05) is 35.9 Å². The number of halogens is 1. The van der Waals surface area contributed by atoms with E-state index < -0.39 is 5.60 Å². The van der Waals surface area contributed by atoms with Crippen molar-refractivity contribution >= 4 is 23.3 Å². The number of rotatable bonds is 3. The first kappa shape index (κ1) is 18.7. The van der Waals surface area contributed by atoms with Crippen molar-refractivity contribution in [3.8, 4) is 11.1 Å². The van der Waals surface area contributed by atoms with Gasteiger partial charge in [-0.15, -0.1) is 0 Å². The van der Waals surface area contributed by atoms with Gasteiger partial charge in [0.1, 0.15) is 0 Å². The number of aliphatic hydroxyl groups excluding tert-OH is 1. The van der Waals surface area contributed by atoms with E-state index in [2.05, 4.69) is 5.32 Å². The van der Waals surface area contributed by atoms with Crippen LogP contribution in [-0.4, -0.2) is 46.4 Å². The molecule has 1 fully saturated rings. The van der Waals surface area contributed by atoms with Gasteiger partial charge in [-0.05, 0) is 54.7 Å². The molecule has 26 heavy (non-hydrogen) atoms. The largest absolute Gasteiger partial charge is 0.393 e. The van der Waals surface area contributed by atoms with Gasteiger partial charge in [-0.25, -0.2) is 4.79 Å². The van der Waals surface area contributed by atoms with Gasteiger partial charge in [0.25, 0.3) is 0 Å². The summed E-state index contributed by atoms with van der Waals surface area (Å²) in [5.74, 6) is 0. The summed E-state index contributed by atoms with van der Waals surface area (Å²) >= 11 is 6.06. The third kappa shape index (κ3) is 4.55. The lowest BCUT2D eigenvalue weighted by molar-refractivity contribution is -0.0247. The van der Waals surface area contributed by atoms with E-state index in [-0.39, 0.29) is 12.6 Å². The van der Waals surface area contributed by atoms with Crippen molar-refractivity contribution in [2.24, 2.45) is 0 Å². The lowest BCUT2D eigenvalue weighted by Crippen LogP contribution is -2.38. The van der Waals surface area contributed by atoms with Crippen LogP contribution in [-0.2, 0) is 0 Å². The summed E-state index contributed by atoms with van der Waals surface area (Å²) in [6.07, 6.45) is 1.53. The van der Waals surface area contributed by atoms with E-state index in [4.69, 9.17) is 11.6 Å². The molecule has 3 rings (SSSR count). The number of benzene rings is 2. The van der Waals surface area contributed by atoms with Crippen LogP contribution in [0, 0.1) is 0 Å². The van der Waals surface area contributed by atoms with Crippen LogP contribution >= 0.6 is 11.6 Å². The second-order valence-electron chi connectivity index (χ2n) is 6.74. The van der Waals surface area contributed by atoms with Crippen molar-refractivity contribution in [2.45, 2.75) is 24.9 Å². The molecule has 2 amide bonds. The van der Waals surface area contributed by atoms with Gasteiger partial charge in [0.2, 0.25) is 0 Å². The van der Waals surface area contributed by atoms with Crippen LogP contribution in [0.2, 0.25) is 5.02 Å². The minimum atomic E-state index is -1.08. The zero-order chi connectivity index (χ0) is 18.6. The Morgan fingerprint density at radius 3 is 2.58 bits per heavy atom. The lowest BCUT2D eigenvalue weighted by atomic mass is 9.96. The zero-order valence-electron chi connectivity index (χ0n) is 14.5. The monoisotopic (exact) mass is 374 g/mol. The molecule has 0 aliphatic carbocycles. The number of amides is 2. The Bertz CT molecular complexity index is 783. The first-order chi connectivity index (χ1) is 12.5. The maximum Gasteiger partial charge on any atom is 0.321 e. The lowest BCUT2D eigenvalue weighted by Gasteiger charge is -2.24. The summed E-state index contributed by atoms with van der Waals surface area (Å²) in [4.78, 5) is 14.3. The van der Waals surface area contributed by atoms with E-state index in [1.807, 2.05) is 48.5 Å². The normalized spacial score (nSPS) is 20.5. The summed E-state index contributed by atoms with van der Waals surface area (Å²) < 4.78 is 0. The SMILES string of the molecule is O=C(Nc1cccc(-c2cccc(Cl)c2)c1)N1CCCC(O)(CO)CC1. The Morgan fingerprint density at radius 1 is 1.12 bits per heavy atom. The fourth-order valence-electron chi connectivity index (χ4n) is 3.19. The van der Waals surface area contributed by atoms with Gasteiger partial charge >= 0.3 is 6.03 Å². The molecule has 6 heteroatoms. The molecule has 0 bridgehead atoms. The van der Waals surface area contributed by atoms with Crippen LogP contribution in [0.25, 0.3) is 11.1 Å². The number of nitrogens with one attached hydrogen (secondary N) is 1. The predicted molar refractivity (Wildman–Crippen MR) is 103 cm³/mol. The van der Waals surface area contributed by atoms with Crippen LogP contribution in [0.5, 0.6) is 0 Å². The van der Waals surface area contributed by atoms with Gasteiger partial charge < -0.3 is 20.4 Å². The number of carbonyl (C=O) groups excluding carboxylic acids is 1. The quantitative estimate of drug-likeness (QED) is 0.766. The number of hydrogen-bond acceptors (Lipinski definition) is 3. The van der Waals surface area contributed by atoms with Crippen molar-refractivity contribution < 1.29 is 15.0 Å². The maximum absolute atomic E-state index is 12.6. The topological polar surface area (TPSA) is 72.8 Å². The Labute approximate surface area is 158 Å². The maximum atomic E-state index is 12.6. The smallest absolute Gasteiger partial charge is 0.321 e. The highest BCUT2D eigenvalue weighted by Crippen LogP contribution is 2.26. The van der Waals surface area contributed by atoms with E-state index >= 15 is 0 Å². The van der Waals surface area contributed by atoms with Gasteiger partial charge in [-0.3, -0.25) is 0 Å². The minimum Gasteiger partial charge on any atom is -0.393 e.